The summed E-state index contributed by atoms with van der Waals surface area (Å²) in [5, 5.41) is 20.2. The van der Waals surface area contributed by atoms with Gasteiger partial charge in [-0.1, -0.05) is 6.07 Å². The lowest BCUT2D eigenvalue weighted by atomic mass is 10.1. The second-order valence-corrected chi connectivity index (χ2v) is 4.88. The van der Waals surface area contributed by atoms with Crippen LogP contribution in [0.2, 0.25) is 0 Å². The van der Waals surface area contributed by atoms with Gasteiger partial charge in [0.2, 0.25) is 0 Å². The Labute approximate surface area is 111 Å². The van der Waals surface area contributed by atoms with Crippen molar-refractivity contribution in [2.24, 2.45) is 0 Å². The van der Waals surface area contributed by atoms with Gasteiger partial charge in [0.15, 0.2) is 0 Å². The molecule has 0 bridgehead atoms. The number of anilines is 1. The SMILES string of the molecule is Cc1ccc(N2CC(C)OC(CO)C2)cc1[N+](=O)[O-]. The summed E-state index contributed by atoms with van der Waals surface area (Å²) in [6.07, 6.45) is -0.254. The van der Waals surface area contributed by atoms with Crippen molar-refractivity contribution in [1.29, 1.82) is 0 Å². The molecular formula is C13H18N2O4. The van der Waals surface area contributed by atoms with E-state index < -0.39 is 0 Å². The van der Waals surface area contributed by atoms with Crippen LogP contribution in [-0.2, 0) is 4.74 Å². The topological polar surface area (TPSA) is 75.8 Å². The third-order valence-electron chi connectivity index (χ3n) is 3.28. The summed E-state index contributed by atoms with van der Waals surface area (Å²) >= 11 is 0. The first-order chi connectivity index (χ1) is 9.01. The molecule has 0 radical (unpaired) electrons. The van der Waals surface area contributed by atoms with Crippen LogP contribution in [0.15, 0.2) is 18.2 Å². The number of morpholine rings is 1. The maximum atomic E-state index is 11.0. The molecule has 2 atom stereocenters. The molecule has 0 saturated carbocycles. The minimum Gasteiger partial charge on any atom is -0.394 e. The number of hydrogen-bond donors (Lipinski definition) is 1. The molecule has 6 heteroatoms. The molecule has 1 aromatic carbocycles. The Morgan fingerprint density at radius 2 is 2.26 bits per heavy atom. The van der Waals surface area contributed by atoms with E-state index in [1.54, 1.807) is 19.1 Å². The molecule has 1 aliphatic heterocycles. The molecule has 1 aliphatic rings. The lowest BCUT2D eigenvalue weighted by Crippen LogP contribution is -2.48. The smallest absolute Gasteiger partial charge is 0.274 e. The van der Waals surface area contributed by atoms with Crippen LogP contribution < -0.4 is 4.90 Å². The van der Waals surface area contributed by atoms with Gasteiger partial charge in [0.05, 0.1) is 23.7 Å². The Balaban J connectivity index is 2.26. The number of nitro benzene ring substituents is 1. The van der Waals surface area contributed by atoms with E-state index in [1.807, 2.05) is 17.9 Å². The molecule has 1 N–H and O–H groups in total. The molecule has 1 fully saturated rings. The maximum absolute atomic E-state index is 11.0. The Kier molecular flexibility index (Phi) is 4.01. The minimum absolute atomic E-state index is 0.00809. The Morgan fingerprint density at radius 1 is 1.53 bits per heavy atom. The average Bonchev–Trinajstić information content (AvgIpc) is 2.38. The van der Waals surface area contributed by atoms with Gasteiger partial charge in [-0.15, -0.1) is 0 Å². The zero-order valence-corrected chi connectivity index (χ0v) is 11.1. The van der Waals surface area contributed by atoms with Crippen molar-refractivity contribution in [3.8, 4) is 0 Å². The van der Waals surface area contributed by atoms with Crippen molar-refractivity contribution in [2.75, 3.05) is 24.6 Å². The monoisotopic (exact) mass is 266 g/mol. The summed E-state index contributed by atoms with van der Waals surface area (Å²) in [6.45, 7) is 4.81. The first-order valence-electron chi connectivity index (χ1n) is 6.27. The van der Waals surface area contributed by atoms with Crippen molar-refractivity contribution in [3.63, 3.8) is 0 Å². The van der Waals surface area contributed by atoms with E-state index in [4.69, 9.17) is 4.74 Å². The van der Waals surface area contributed by atoms with E-state index in [0.29, 0.717) is 18.7 Å². The van der Waals surface area contributed by atoms with Crippen LogP contribution in [0, 0.1) is 17.0 Å². The summed E-state index contributed by atoms with van der Waals surface area (Å²) in [6, 6.07) is 5.21. The third kappa shape index (κ3) is 3.02. The number of hydrogen-bond acceptors (Lipinski definition) is 5. The Morgan fingerprint density at radius 3 is 2.89 bits per heavy atom. The van der Waals surface area contributed by atoms with E-state index in [9.17, 15) is 15.2 Å². The van der Waals surface area contributed by atoms with Crippen LogP contribution in [0.25, 0.3) is 0 Å². The minimum atomic E-state index is -0.369. The normalized spacial score (nSPS) is 23.4. The molecular weight excluding hydrogens is 248 g/mol. The van der Waals surface area contributed by atoms with Gasteiger partial charge in [-0.3, -0.25) is 10.1 Å². The molecule has 0 spiro atoms. The second-order valence-electron chi connectivity index (χ2n) is 4.88. The first kappa shape index (κ1) is 13.8. The van der Waals surface area contributed by atoms with E-state index >= 15 is 0 Å². The van der Waals surface area contributed by atoms with E-state index in [2.05, 4.69) is 0 Å². The molecule has 1 aromatic rings. The van der Waals surface area contributed by atoms with E-state index in [1.165, 1.54) is 0 Å². The Hall–Kier alpha value is -1.66. The van der Waals surface area contributed by atoms with Gasteiger partial charge in [-0.2, -0.15) is 0 Å². The number of nitro groups is 1. The van der Waals surface area contributed by atoms with Crippen molar-refractivity contribution < 1.29 is 14.8 Å². The summed E-state index contributed by atoms with van der Waals surface area (Å²) in [7, 11) is 0. The van der Waals surface area contributed by atoms with Crippen LogP contribution in [-0.4, -0.2) is 41.9 Å². The van der Waals surface area contributed by atoms with Gasteiger partial charge in [-0.25, -0.2) is 0 Å². The number of nitrogens with zero attached hydrogens (tertiary/aromatic N) is 2. The average molecular weight is 266 g/mol. The van der Waals surface area contributed by atoms with Crippen molar-refractivity contribution in [1.82, 2.24) is 0 Å². The molecule has 2 unspecified atom stereocenters. The van der Waals surface area contributed by atoms with Gasteiger partial charge < -0.3 is 14.7 Å². The molecule has 2 rings (SSSR count). The quantitative estimate of drug-likeness (QED) is 0.662. The largest absolute Gasteiger partial charge is 0.394 e. The number of aliphatic hydroxyl groups is 1. The van der Waals surface area contributed by atoms with E-state index in [0.717, 1.165) is 5.69 Å². The number of benzene rings is 1. The lowest BCUT2D eigenvalue weighted by Gasteiger charge is -2.37. The fourth-order valence-corrected chi connectivity index (χ4v) is 2.35. The zero-order chi connectivity index (χ0) is 14.0. The van der Waals surface area contributed by atoms with Crippen LogP contribution in [0.1, 0.15) is 12.5 Å². The summed E-state index contributed by atoms with van der Waals surface area (Å²) in [5.41, 5.74) is 1.57. The number of aliphatic hydroxyl groups excluding tert-OH is 1. The van der Waals surface area contributed by atoms with Gasteiger partial charge in [0, 0.05) is 30.4 Å². The van der Waals surface area contributed by atoms with Gasteiger partial charge in [0.1, 0.15) is 0 Å². The Bertz CT molecular complexity index is 478. The standard InChI is InChI=1S/C13H18N2O4/c1-9-3-4-11(5-13(9)15(17)18)14-6-10(2)19-12(7-14)8-16/h3-5,10,12,16H,6-8H2,1-2H3. The molecule has 0 aliphatic carbocycles. The maximum Gasteiger partial charge on any atom is 0.274 e. The van der Waals surface area contributed by atoms with E-state index in [-0.39, 0.29) is 29.4 Å². The fourth-order valence-electron chi connectivity index (χ4n) is 2.35. The summed E-state index contributed by atoms with van der Waals surface area (Å²) in [5.74, 6) is 0. The van der Waals surface area contributed by atoms with Gasteiger partial charge in [-0.05, 0) is 19.9 Å². The fraction of sp³-hybridized carbons (Fsp3) is 0.538. The zero-order valence-electron chi connectivity index (χ0n) is 11.1. The lowest BCUT2D eigenvalue weighted by molar-refractivity contribution is -0.385. The van der Waals surface area contributed by atoms with Crippen LogP contribution in [0.3, 0.4) is 0 Å². The number of aryl methyl sites for hydroxylation is 1. The third-order valence-corrected chi connectivity index (χ3v) is 3.28. The van der Waals surface area contributed by atoms with Gasteiger partial charge in [0.25, 0.3) is 5.69 Å². The van der Waals surface area contributed by atoms with Crippen LogP contribution in [0.5, 0.6) is 0 Å². The highest BCUT2D eigenvalue weighted by atomic mass is 16.6. The number of rotatable bonds is 3. The summed E-state index contributed by atoms with van der Waals surface area (Å²) < 4.78 is 5.56. The van der Waals surface area contributed by atoms with Crippen molar-refractivity contribution >= 4 is 11.4 Å². The second kappa shape index (κ2) is 5.54. The highest BCUT2D eigenvalue weighted by molar-refractivity contribution is 5.57. The van der Waals surface area contributed by atoms with Crippen LogP contribution >= 0.6 is 0 Å². The molecule has 104 valence electrons. The highest BCUT2D eigenvalue weighted by Crippen LogP contribution is 2.27. The first-order valence-corrected chi connectivity index (χ1v) is 6.27. The van der Waals surface area contributed by atoms with Gasteiger partial charge >= 0.3 is 0 Å². The molecule has 1 saturated heterocycles. The molecule has 6 nitrogen and oxygen atoms in total. The number of ether oxygens (including phenoxy) is 1. The molecule has 0 aromatic heterocycles. The highest BCUT2D eigenvalue weighted by Gasteiger charge is 2.26. The molecule has 1 heterocycles. The molecule has 19 heavy (non-hydrogen) atoms. The van der Waals surface area contributed by atoms with Crippen molar-refractivity contribution in [2.45, 2.75) is 26.1 Å². The summed E-state index contributed by atoms with van der Waals surface area (Å²) in [4.78, 5) is 12.6. The predicted octanol–water partition coefficient (Wildman–Crippen LogP) is 1.49. The van der Waals surface area contributed by atoms with Crippen molar-refractivity contribution in [3.05, 3.63) is 33.9 Å². The van der Waals surface area contributed by atoms with Crippen LogP contribution in [0.4, 0.5) is 11.4 Å². The predicted molar refractivity (Wildman–Crippen MR) is 71.5 cm³/mol. The molecule has 0 amide bonds.